The van der Waals surface area contributed by atoms with Crippen LogP contribution in [0.2, 0.25) is 5.02 Å². The Morgan fingerprint density at radius 1 is 1.43 bits per heavy atom. The van der Waals surface area contributed by atoms with Crippen LogP contribution in [0.3, 0.4) is 0 Å². The minimum atomic E-state index is 0.0287. The van der Waals surface area contributed by atoms with Crippen LogP contribution in [0.1, 0.15) is 25.8 Å². The number of rotatable bonds is 7. The molecule has 1 aromatic carbocycles. The molecule has 0 atom stereocenters. The van der Waals surface area contributed by atoms with Gasteiger partial charge in [0.15, 0.2) is 0 Å². The van der Waals surface area contributed by atoms with E-state index in [1.54, 1.807) is 11.9 Å². The van der Waals surface area contributed by atoms with Crippen LogP contribution in [0.25, 0.3) is 0 Å². The van der Waals surface area contributed by atoms with Crippen LogP contribution in [0.4, 0.5) is 0 Å². The summed E-state index contributed by atoms with van der Waals surface area (Å²) in [4.78, 5) is 15.9. The maximum absolute atomic E-state index is 12.2. The Hall–Kier alpha value is -1.57. The van der Waals surface area contributed by atoms with E-state index in [4.69, 9.17) is 16.9 Å². The van der Waals surface area contributed by atoms with Gasteiger partial charge in [0.25, 0.3) is 0 Å². The molecule has 4 nitrogen and oxygen atoms in total. The Kier molecular flexibility index (Phi) is 7.21. The van der Waals surface area contributed by atoms with E-state index in [0.717, 1.165) is 5.56 Å². The van der Waals surface area contributed by atoms with Gasteiger partial charge in [0.05, 0.1) is 19.0 Å². The lowest BCUT2D eigenvalue weighted by atomic mass is 10.2. The van der Waals surface area contributed by atoms with Crippen molar-refractivity contribution >= 4 is 17.5 Å². The molecule has 5 heteroatoms. The van der Waals surface area contributed by atoms with Crippen molar-refractivity contribution in [2.45, 2.75) is 32.9 Å². The minimum absolute atomic E-state index is 0.0287. The van der Waals surface area contributed by atoms with Gasteiger partial charge in [-0.05, 0) is 31.5 Å². The van der Waals surface area contributed by atoms with Crippen LogP contribution in [0.15, 0.2) is 24.3 Å². The van der Waals surface area contributed by atoms with Crippen LogP contribution in [0.5, 0.6) is 0 Å². The highest BCUT2D eigenvalue weighted by atomic mass is 35.5. The first kappa shape index (κ1) is 17.5. The summed E-state index contributed by atoms with van der Waals surface area (Å²) in [6.07, 6.45) is 0.359. The molecule has 0 unspecified atom stereocenters. The van der Waals surface area contributed by atoms with Gasteiger partial charge in [0.2, 0.25) is 5.91 Å². The highest BCUT2D eigenvalue weighted by molar-refractivity contribution is 6.30. The molecule has 114 valence electrons. The second-order valence-corrected chi connectivity index (χ2v) is 5.79. The summed E-state index contributed by atoms with van der Waals surface area (Å²) in [6.45, 7) is 5.61. The predicted octanol–water partition coefficient (Wildman–Crippen LogP) is 2.92. The second-order valence-electron chi connectivity index (χ2n) is 5.35. The molecule has 0 radical (unpaired) electrons. The molecule has 0 fully saturated rings. The molecule has 0 spiro atoms. The molecule has 0 saturated carbocycles. The van der Waals surface area contributed by atoms with Crippen molar-refractivity contribution in [2.24, 2.45) is 0 Å². The molecule has 1 aromatic rings. The number of nitrogens with zero attached hydrogens (tertiary/aromatic N) is 3. The number of carbonyl (C=O) groups is 1. The zero-order valence-electron chi connectivity index (χ0n) is 12.8. The van der Waals surface area contributed by atoms with Crippen molar-refractivity contribution in [3.05, 3.63) is 34.9 Å². The molecule has 0 heterocycles. The first-order valence-electron chi connectivity index (χ1n) is 7.03. The standard InChI is InChI=1S/C16H22ClN3O/c1-13(2)20(11-14-6-4-7-15(17)10-14)12-16(21)19(3)9-5-8-18/h4,6-7,10,13H,5,9,11-12H2,1-3H3. The van der Waals surface area contributed by atoms with Gasteiger partial charge >= 0.3 is 0 Å². The van der Waals surface area contributed by atoms with E-state index in [0.29, 0.717) is 31.1 Å². The number of halogens is 1. The number of likely N-dealkylation sites (N-methyl/N-ethyl adjacent to an activating group) is 1. The highest BCUT2D eigenvalue weighted by Crippen LogP contribution is 2.14. The molecule has 21 heavy (non-hydrogen) atoms. The third-order valence-electron chi connectivity index (χ3n) is 3.33. The van der Waals surface area contributed by atoms with E-state index in [-0.39, 0.29) is 11.9 Å². The Morgan fingerprint density at radius 2 is 2.14 bits per heavy atom. The second kappa shape index (κ2) is 8.66. The van der Waals surface area contributed by atoms with Crippen molar-refractivity contribution in [3.8, 4) is 6.07 Å². The lowest BCUT2D eigenvalue weighted by molar-refractivity contribution is -0.131. The molecule has 0 bridgehead atoms. The summed E-state index contributed by atoms with van der Waals surface area (Å²) in [7, 11) is 1.73. The molecule has 1 rings (SSSR count). The fourth-order valence-corrected chi connectivity index (χ4v) is 2.14. The molecule has 1 amide bonds. The molecule has 0 aliphatic rings. The van der Waals surface area contributed by atoms with Gasteiger partial charge in [-0.2, -0.15) is 5.26 Å². The van der Waals surface area contributed by atoms with Crippen LogP contribution in [0, 0.1) is 11.3 Å². The third-order valence-corrected chi connectivity index (χ3v) is 3.56. The predicted molar refractivity (Wildman–Crippen MR) is 84.9 cm³/mol. The van der Waals surface area contributed by atoms with Gasteiger partial charge in [-0.3, -0.25) is 9.69 Å². The van der Waals surface area contributed by atoms with Gasteiger partial charge in [-0.25, -0.2) is 0 Å². The Balaban J connectivity index is 2.66. The first-order valence-corrected chi connectivity index (χ1v) is 7.41. The van der Waals surface area contributed by atoms with Gasteiger partial charge in [0.1, 0.15) is 0 Å². The molecular weight excluding hydrogens is 286 g/mol. The van der Waals surface area contributed by atoms with Crippen molar-refractivity contribution in [2.75, 3.05) is 20.1 Å². The molecule has 0 saturated heterocycles. The maximum Gasteiger partial charge on any atom is 0.236 e. The molecule has 0 aliphatic heterocycles. The molecule has 0 N–H and O–H groups in total. The van der Waals surface area contributed by atoms with E-state index >= 15 is 0 Å². The summed E-state index contributed by atoms with van der Waals surface area (Å²) in [5.74, 6) is 0.0287. The lowest BCUT2D eigenvalue weighted by Crippen LogP contribution is -2.41. The van der Waals surface area contributed by atoms with Crippen LogP contribution >= 0.6 is 11.6 Å². The van der Waals surface area contributed by atoms with E-state index in [1.807, 2.05) is 24.3 Å². The monoisotopic (exact) mass is 307 g/mol. The van der Waals surface area contributed by atoms with Crippen molar-refractivity contribution in [1.82, 2.24) is 9.80 Å². The van der Waals surface area contributed by atoms with Gasteiger partial charge in [-0.15, -0.1) is 0 Å². The van der Waals surface area contributed by atoms with Crippen LogP contribution in [-0.4, -0.2) is 41.9 Å². The molecule has 0 aliphatic carbocycles. The number of benzene rings is 1. The summed E-state index contributed by atoms with van der Waals surface area (Å²) < 4.78 is 0. The zero-order valence-corrected chi connectivity index (χ0v) is 13.6. The number of nitriles is 1. The largest absolute Gasteiger partial charge is 0.344 e. The fraction of sp³-hybridized carbons (Fsp3) is 0.500. The minimum Gasteiger partial charge on any atom is -0.344 e. The van der Waals surface area contributed by atoms with E-state index in [1.165, 1.54) is 0 Å². The van der Waals surface area contributed by atoms with E-state index in [9.17, 15) is 4.79 Å². The maximum atomic E-state index is 12.2. The highest BCUT2D eigenvalue weighted by Gasteiger charge is 2.17. The average Bonchev–Trinajstić information content (AvgIpc) is 2.43. The van der Waals surface area contributed by atoms with Crippen molar-refractivity contribution in [1.29, 1.82) is 5.26 Å². The SMILES string of the molecule is CC(C)N(CC(=O)N(C)CCC#N)Cc1cccc(Cl)c1. The van der Waals surface area contributed by atoms with Crippen LogP contribution < -0.4 is 0 Å². The van der Waals surface area contributed by atoms with Gasteiger partial charge in [-0.1, -0.05) is 23.7 Å². The zero-order chi connectivity index (χ0) is 15.8. The molecular formula is C16H22ClN3O. The van der Waals surface area contributed by atoms with Gasteiger partial charge in [0, 0.05) is 31.2 Å². The quantitative estimate of drug-likeness (QED) is 0.778. The normalized spacial score (nSPS) is 10.7. The van der Waals surface area contributed by atoms with Crippen molar-refractivity contribution in [3.63, 3.8) is 0 Å². The number of carbonyl (C=O) groups excluding carboxylic acids is 1. The number of hydrogen-bond acceptors (Lipinski definition) is 3. The first-order chi connectivity index (χ1) is 9.93. The lowest BCUT2D eigenvalue weighted by Gasteiger charge is -2.28. The Morgan fingerprint density at radius 3 is 2.71 bits per heavy atom. The fourth-order valence-electron chi connectivity index (χ4n) is 1.93. The van der Waals surface area contributed by atoms with E-state index in [2.05, 4.69) is 24.8 Å². The van der Waals surface area contributed by atoms with Crippen molar-refractivity contribution < 1.29 is 4.79 Å². The number of hydrogen-bond donors (Lipinski definition) is 0. The van der Waals surface area contributed by atoms with Gasteiger partial charge < -0.3 is 4.90 Å². The average molecular weight is 308 g/mol. The smallest absolute Gasteiger partial charge is 0.236 e. The Labute approximate surface area is 131 Å². The Bertz CT molecular complexity index is 510. The summed E-state index contributed by atoms with van der Waals surface area (Å²) in [6, 6.07) is 9.98. The third kappa shape index (κ3) is 6.16. The van der Waals surface area contributed by atoms with Crippen LogP contribution in [-0.2, 0) is 11.3 Å². The summed E-state index contributed by atoms with van der Waals surface area (Å²) in [5, 5.41) is 9.28. The number of amides is 1. The summed E-state index contributed by atoms with van der Waals surface area (Å²) in [5.41, 5.74) is 1.09. The molecule has 0 aromatic heterocycles. The van der Waals surface area contributed by atoms with E-state index < -0.39 is 0 Å². The summed E-state index contributed by atoms with van der Waals surface area (Å²) >= 11 is 6.00. The topological polar surface area (TPSA) is 47.3 Å².